The van der Waals surface area contributed by atoms with Crippen molar-refractivity contribution in [1.29, 1.82) is 0 Å². The van der Waals surface area contributed by atoms with Gasteiger partial charge in [0, 0.05) is 50.7 Å². The van der Waals surface area contributed by atoms with E-state index in [1.807, 2.05) is 9.47 Å². The molecule has 15 heteroatoms. The number of piperazine rings is 1. The van der Waals surface area contributed by atoms with Crippen molar-refractivity contribution in [3.63, 3.8) is 0 Å². The highest BCUT2D eigenvalue weighted by atomic mass is 19.1. The number of halogens is 2. The maximum Gasteiger partial charge on any atom is 0.408 e. The number of alkyl halides is 1. The summed E-state index contributed by atoms with van der Waals surface area (Å²) in [5.74, 6) is 2.37. The van der Waals surface area contributed by atoms with E-state index in [2.05, 4.69) is 10.8 Å². The smallest absolute Gasteiger partial charge is 0.408 e. The Kier molecular flexibility index (Phi) is 7.81. The molecule has 4 aliphatic heterocycles. The van der Waals surface area contributed by atoms with Crippen molar-refractivity contribution >= 4 is 33.8 Å². The van der Waals surface area contributed by atoms with Gasteiger partial charge in [0.05, 0.1) is 29.3 Å². The Labute approximate surface area is 298 Å². The lowest BCUT2D eigenvalue weighted by atomic mass is 9.93. The highest BCUT2D eigenvalue weighted by Crippen LogP contribution is 2.46. The van der Waals surface area contributed by atoms with Crippen LogP contribution >= 0.6 is 0 Å². The molecule has 2 bridgehead atoms. The van der Waals surface area contributed by atoms with Crippen LogP contribution in [0.1, 0.15) is 56.6 Å². The molecule has 52 heavy (non-hydrogen) atoms. The molecular weight excluding hydrogens is 676 g/mol. The number of hydrogen-bond acceptors (Lipinski definition) is 10. The van der Waals surface area contributed by atoms with E-state index in [-0.39, 0.29) is 53.9 Å². The molecule has 5 atom stereocenters. The predicted molar refractivity (Wildman–Crippen MR) is 185 cm³/mol. The fourth-order valence-corrected chi connectivity index (χ4v) is 9.28. The Bertz CT molecular complexity index is 2140. The second-order valence-corrected chi connectivity index (χ2v) is 14.8. The number of amides is 1. The van der Waals surface area contributed by atoms with Gasteiger partial charge in [0.1, 0.15) is 35.6 Å². The van der Waals surface area contributed by atoms with Gasteiger partial charge < -0.3 is 29.3 Å². The summed E-state index contributed by atoms with van der Waals surface area (Å²) >= 11 is 0. The standard InChI is InChI=1S/C37H39F2N7O6/c1-3-25-26(39)9-8-20-12-24(47)14-29(30(20)25)52-35-41-32-31(46(35)22-6-4-7-22)33(43-17-23-13-28(50-2)27(18-43)45(23)36(48)49)42-34(40-32)51-19-37-10-5-11-44(37)16-21(38)15-37/h1,8-9,12,14,21-23,27-28,47H,4-7,10-11,13,15-19H2,2H3,(H,48,49)/t21-,23-,27-,28+,37+/m1/s1. The van der Waals surface area contributed by atoms with Gasteiger partial charge in [-0.2, -0.15) is 15.0 Å². The summed E-state index contributed by atoms with van der Waals surface area (Å²) in [6.45, 7) is 2.07. The van der Waals surface area contributed by atoms with E-state index < -0.39 is 29.7 Å². The van der Waals surface area contributed by atoms with Gasteiger partial charge in [-0.05, 0) is 62.6 Å². The van der Waals surface area contributed by atoms with E-state index >= 15 is 0 Å². The number of aromatic hydroxyl groups is 1. The SMILES string of the molecule is C#Cc1c(F)ccc2cc(O)cc(Oc3nc4nc(OC[C@@]56CCCN5C[C@H](F)C6)nc(N5C[C@H]6C[C@H](OC)[C@@H](C5)N6C(=O)O)c4n3C3CCC3)c12. The summed E-state index contributed by atoms with van der Waals surface area (Å²) in [5, 5.41) is 21.6. The van der Waals surface area contributed by atoms with Gasteiger partial charge in [0.15, 0.2) is 11.5 Å². The quantitative estimate of drug-likeness (QED) is 0.232. The maximum atomic E-state index is 15.0. The molecular formula is C37H39F2N7O6. The Morgan fingerprint density at radius 3 is 2.73 bits per heavy atom. The highest BCUT2D eigenvalue weighted by Gasteiger charge is 2.51. The molecule has 2 aromatic heterocycles. The van der Waals surface area contributed by atoms with Crippen LogP contribution in [0, 0.1) is 18.2 Å². The zero-order valence-electron chi connectivity index (χ0n) is 28.7. The number of phenols is 1. The number of methoxy groups -OCH3 is 1. The third kappa shape index (κ3) is 5.17. The first-order valence-electron chi connectivity index (χ1n) is 17.9. The lowest BCUT2D eigenvalue weighted by Gasteiger charge is -2.40. The molecule has 1 aliphatic carbocycles. The van der Waals surface area contributed by atoms with Gasteiger partial charge in [-0.3, -0.25) is 14.4 Å². The third-order valence-corrected chi connectivity index (χ3v) is 11.9. The molecule has 4 saturated heterocycles. The van der Waals surface area contributed by atoms with Crippen LogP contribution in [0.4, 0.5) is 19.4 Å². The van der Waals surface area contributed by atoms with E-state index in [1.165, 1.54) is 29.2 Å². The number of carbonyl (C=O) groups is 1. The Balaban J connectivity index is 1.18. The molecule has 0 unspecified atom stereocenters. The number of carboxylic acid groups (broad SMARTS) is 1. The number of benzene rings is 2. The molecule has 4 aromatic rings. The monoisotopic (exact) mass is 715 g/mol. The van der Waals surface area contributed by atoms with Crippen molar-refractivity contribution in [1.82, 2.24) is 29.3 Å². The number of terminal acetylenes is 1. The normalized spacial score (nSPS) is 27.3. The molecule has 272 valence electrons. The van der Waals surface area contributed by atoms with Crippen LogP contribution in [0.3, 0.4) is 0 Å². The lowest BCUT2D eigenvalue weighted by Crippen LogP contribution is -2.57. The number of imidazole rings is 1. The van der Waals surface area contributed by atoms with Crippen molar-refractivity contribution in [3.8, 4) is 35.9 Å². The zero-order valence-corrected chi connectivity index (χ0v) is 28.7. The van der Waals surface area contributed by atoms with Gasteiger partial charge in [0.25, 0.3) is 0 Å². The molecule has 1 amide bonds. The molecule has 1 saturated carbocycles. The van der Waals surface area contributed by atoms with E-state index in [0.29, 0.717) is 60.2 Å². The fraction of sp³-hybridized carbons (Fsp3) is 0.514. The summed E-state index contributed by atoms with van der Waals surface area (Å²) in [5.41, 5.74) is 0.441. The van der Waals surface area contributed by atoms with E-state index in [9.17, 15) is 23.8 Å². The number of anilines is 1. The van der Waals surface area contributed by atoms with Gasteiger partial charge in [-0.1, -0.05) is 12.0 Å². The molecule has 6 heterocycles. The van der Waals surface area contributed by atoms with Crippen molar-refractivity contribution in [3.05, 3.63) is 35.6 Å². The number of hydrogen-bond donors (Lipinski definition) is 2. The Morgan fingerprint density at radius 1 is 1.13 bits per heavy atom. The second kappa shape index (κ2) is 12.3. The zero-order chi connectivity index (χ0) is 35.9. The predicted octanol–water partition coefficient (Wildman–Crippen LogP) is 5.23. The molecule has 2 N–H and O–H groups in total. The van der Waals surface area contributed by atoms with Gasteiger partial charge in [-0.15, -0.1) is 6.42 Å². The van der Waals surface area contributed by atoms with E-state index in [0.717, 1.165) is 38.6 Å². The first-order chi connectivity index (χ1) is 25.2. The molecule has 5 aliphatic rings. The van der Waals surface area contributed by atoms with Crippen LogP contribution in [-0.2, 0) is 4.74 Å². The van der Waals surface area contributed by atoms with Crippen LogP contribution in [0.15, 0.2) is 24.3 Å². The average molecular weight is 716 g/mol. The minimum Gasteiger partial charge on any atom is -0.508 e. The summed E-state index contributed by atoms with van der Waals surface area (Å²) < 4.78 is 50.2. The van der Waals surface area contributed by atoms with Crippen LogP contribution < -0.4 is 14.4 Å². The fourth-order valence-electron chi connectivity index (χ4n) is 9.28. The Hall–Kier alpha value is -4.94. The number of rotatable bonds is 8. The molecule has 9 rings (SSSR count). The minimum absolute atomic E-state index is 0.00258. The molecule has 0 radical (unpaired) electrons. The lowest BCUT2D eigenvalue weighted by molar-refractivity contribution is 0.0596. The van der Waals surface area contributed by atoms with Crippen LogP contribution in [0.2, 0.25) is 0 Å². The number of aromatic nitrogens is 4. The molecule has 0 spiro atoms. The van der Waals surface area contributed by atoms with E-state index in [4.69, 9.17) is 35.6 Å². The van der Waals surface area contributed by atoms with Gasteiger partial charge in [-0.25, -0.2) is 13.6 Å². The molecule has 2 aromatic carbocycles. The van der Waals surface area contributed by atoms with Crippen molar-refractivity contribution in [2.24, 2.45) is 0 Å². The second-order valence-electron chi connectivity index (χ2n) is 14.8. The number of fused-ring (bicyclic) bond motifs is 5. The topological polar surface area (TPSA) is 139 Å². The van der Waals surface area contributed by atoms with E-state index in [1.54, 1.807) is 7.11 Å². The van der Waals surface area contributed by atoms with Crippen molar-refractivity contribution in [2.75, 3.05) is 44.8 Å². The maximum absolute atomic E-state index is 15.0. The van der Waals surface area contributed by atoms with Crippen LogP contribution in [-0.4, -0.2) is 115 Å². The number of phenolic OH excluding ortho intramolecular Hbond substituents is 1. The first kappa shape index (κ1) is 32.9. The summed E-state index contributed by atoms with van der Waals surface area (Å²) in [6.07, 6.45) is 8.88. The molecule has 5 fully saturated rings. The third-order valence-electron chi connectivity index (χ3n) is 11.9. The van der Waals surface area contributed by atoms with Crippen LogP contribution in [0.25, 0.3) is 21.9 Å². The highest BCUT2D eigenvalue weighted by molar-refractivity contribution is 5.95. The first-order valence-corrected chi connectivity index (χ1v) is 17.9. The summed E-state index contributed by atoms with van der Waals surface area (Å²) in [7, 11) is 1.60. The van der Waals surface area contributed by atoms with Gasteiger partial charge >= 0.3 is 18.1 Å². The summed E-state index contributed by atoms with van der Waals surface area (Å²) in [4.78, 5) is 32.7. The van der Waals surface area contributed by atoms with Crippen molar-refractivity contribution < 1.29 is 38.0 Å². The molecule has 13 nitrogen and oxygen atoms in total. The van der Waals surface area contributed by atoms with Crippen LogP contribution in [0.5, 0.6) is 23.5 Å². The average Bonchev–Trinajstić information content (AvgIpc) is 3.79. The summed E-state index contributed by atoms with van der Waals surface area (Å²) in [6, 6.07) is 5.08. The Morgan fingerprint density at radius 2 is 1.98 bits per heavy atom. The number of nitrogens with zero attached hydrogens (tertiary/aromatic N) is 7. The minimum atomic E-state index is -0.995. The largest absolute Gasteiger partial charge is 0.508 e. The van der Waals surface area contributed by atoms with Gasteiger partial charge in [0.2, 0.25) is 0 Å². The number of ether oxygens (including phenoxy) is 3. The van der Waals surface area contributed by atoms with Crippen molar-refractivity contribution in [2.45, 2.75) is 80.9 Å².